The zero-order valence-electron chi connectivity index (χ0n) is 12.3. The summed E-state index contributed by atoms with van der Waals surface area (Å²) >= 11 is 0. The first-order valence-electron chi connectivity index (χ1n) is 7.00. The lowest BCUT2D eigenvalue weighted by molar-refractivity contribution is 0.632. The number of fused-ring (bicyclic) bond motifs is 1. The highest BCUT2D eigenvalue weighted by Gasteiger charge is 2.15. The number of nitrogens with zero attached hydrogens (tertiary/aromatic N) is 2. The van der Waals surface area contributed by atoms with Crippen molar-refractivity contribution in [2.45, 2.75) is 40.2 Å². The molecule has 0 spiro atoms. The highest BCUT2D eigenvalue weighted by atomic mass is 15.1. The van der Waals surface area contributed by atoms with Gasteiger partial charge in [0.25, 0.3) is 0 Å². The topological polar surface area (TPSA) is 42.1 Å². The highest BCUT2D eigenvalue weighted by molar-refractivity contribution is 6.01. The number of anilines is 2. The van der Waals surface area contributed by atoms with Gasteiger partial charge in [0.15, 0.2) is 0 Å². The van der Waals surface area contributed by atoms with Crippen molar-refractivity contribution in [3.05, 3.63) is 30.1 Å². The molecule has 2 rings (SSSR count). The first-order chi connectivity index (χ1) is 9.08. The SMILES string of the molecule is CCC(C)N(CC)c1ccc(N)c2cnc(C)cc12. The van der Waals surface area contributed by atoms with Crippen molar-refractivity contribution in [1.82, 2.24) is 4.98 Å². The van der Waals surface area contributed by atoms with Crippen LogP contribution in [-0.4, -0.2) is 17.6 Å². The van der Waals surface area contributed by atoms with Crippen LogP contribution in [0, 0.1) is 6.92 Å². The van der Waals surface area contributed by atoms with Crippen LogP contribution in [0.25, 0.3) is 10.8 Å². The Hall–Kier alpha value is -1.77. The lowest BCUT2D eigenvalue weighted by Crippen LogP contribution is -2.32. The van der Waals surface area contributed by atoms with Gasteiger partial charge in [-0.15, -0.1) is 0 Å². The summed E-state index contributed by atoms with van der Waals surface area (Å²) in [4.78, 5) is 6.79. The highest BCUT2D eigenvalue weighted by Crippen LogP contribution is 2.32. The van der Waals surface area contributed by atoms with Crippen molar-refractivity contribution < 1.29 is 0 Å². The van der Waals surface area contributed by atoms with E-state index in [1.165, 1.54) is 11.1 Å². The normalized spacial score (nSPS) is 12.6. The Morgan fingerprint density at radius 1 is 1.26 bits per heavy atom. The first kappa shape index (κ1) is 13.7. The van der Waals surface area contributed by atoms with E-state index in [2.05, 4.69) is 42.8 Å². The minimum atomic E-state index is 0.519. The van der Waals surface area contributed by atoms with E-state index < -0.39 is 0 Å². The van der Waals surface area contributed by atoms with Crippen molar-refractivity contribution in [2.24, 2.45) is 0 Å². The molecule has 0 saturated carbocycles. The number of benzene rings is 1. The second kappa shape index (κ2) is 5.47. The summed E-state index contributed by atoms with van der Waals surface area (Å²) < 4.78 is 0. The van der Waals surface area contributed by atoms with E-state index in [0.717, 1.165) is 29.7 Å². The van der Waals surface area contributed by atoms with E-state index in [1.807, 2.05) is 19.2 Å². The molecule has 102 valence electrons. The van der Waals surface area contributed by atoms with E-state index in [4.69, 9.17) is 5.73 Å². The number of pyridine rings is 1. The lowest BCUT2D eigenvalue weighted by atomic mass is 10.1. The van der Waals surface area contributed by atoms with Gasteiger partial charge in [-0.3, -0.25) is 4.98 Å². The molecule has 0 fully saturated rings. The molecule has 0 aliphatic heterocycles. The Kier molecular flexibility index (Phi) is 3.93. The molecule has 1 unspecified atom stereocenters. The van der Waals surface area contributed by atoms with E-state index >= 15 is 0 Å². The van der Waals surface area contributed by atoms with Gasteiger partial charge in [0.1, 0.15) is 0 Å². The zero-order valence-corrected chi connectivity index (χ0v) is 12.3. The van der Waals surface area contributed by atoms with E-state index in [-0.39, 0.29) is 0 Å². The third-order valence-corrected chi connectivity index (χ3v) is 3.82. The molecule has 0 bridgehead atoms. The molecular formula is C16H23N3. The van der Waals surface area contributed by atoms with Gasteiger partial charge in [-0.25, -0.2) is 0 Å². The molecular weight excluding hydrogens is 234 g/mol. The van der Waals surface area contributed by atoms with Crippen molar-refractivity contribution in [2.75, 3.05) is 17.2 Å². The molecule has 19 heavy (non-hydrogen) atoms. The maximum absolute atomic E-state index is 6.07. The summed E-state index contributed by atoms with van der Waals surface area (Å²) in [5.74, 6) is 0. The van der Waals surface area contributed by atoms with Crippen LogP contribution < -0.4 is 10.6 Å². The fraction of sp³-hybridized carbons (Fsp3) is 0.438. The van der Waals surface area contributed by atoms with Crippen LogP contribution in [0.3, 0.4) is 0 Å². The second-order valence-corrected chi connectivity index (χ2v) is 5.09. The number of rotatable bonds is 4. The van der Waals surface area contributed by atoms with Crippen LogP contribution in [0.15, 0.2) is 24.4 Å². The predicted molar refractivity (Wildman–Crippen MR) is 83.7 cm³/mol. The zero-order chi connectivity index (χ0) is 14.0. The smallest absolute Gasteiger partial charge is 0.0450 e. The Morgan fingerprint density at radius 2 is 2.00 bits per heavy atom. The summed E-state index contributed by atoms with van der Waals surface area (Å²) in [6.07, 6.45) is 3.01. The molecule has 0 aliphatic carbocycles. The molecule has 3 heteroatoms. The molecule has 3 nitrogen and oxygen atoms in total. The molecule has 0 saturated heterocycles. The summed E-state index contributed by atoms with van der Waals surface area (Å²) in [5, 5.41) is 2.25. The van der Waals surface area contributed by atoms with Crippen LogP contribution in [-0.2, 0) is 0 Å². The standard InChI is InChI=1S/C16H23N3/c1-5-12(4)19(6-2)16-8-7-15(17)14-10-18-11(3)9-13(14)16/h7-10,12H,5-6,17H2,1-4H3. The van der Waals surface area contributed by atoms with Gasteiger partial charge in [-0.05, 0) is 45.4 Å². The van der Waals surface area contributed by atoms with Crippen molar-refractivity contribution in [3.63, 3.8) is 0 Å². The van der Waals surface area contributed by atoms with Crippen LogP contribution in [0.5, 0.6) is 0 Å². The summed E-state index contributed by atoms with van der Waals surface area (Å²) in [6, 6.07) is 6.77. The summed E-state index contributed by atoms with van der Waals surface area (Å²) in [5.41, 5.74) is 9.15. The van der Waals surface area contributed by atoms with Gasteiger partial charge in [0.05, 0.1) is 0 Å². The van der Waals surface area contributed by atoms with E-state index in [9.17, 15) is 0 Å². The van der Waals surface area contributed by atoms with Crippen LogP contribution >= 0.6 is 0 Å². The van der Waals surface area contributed by atoms with Crippen LogP contribution in [0.2, 0.25) is 0 Å². The molecule has 1 aromatic heterocycles. The minimum Gasteiger partial charge on any atom is -0.398 e. The summed E-state index contributed by atoms with van der Waals surface area (Å²) in [7, 11) is 0. The van der Waals surface area contributed by atoms with Crippen molar-refractivity contribution >= 4 is 22.1 Å². The number of aryl methyl sites for hydroxylation is 1. The van der Waals surface area contributed by atoms with Gasteiger partial charge in [0.2, 0.25) is 0 Å². The van der Waals surface area contributed by atoms with Crippen molar-refractivity contribution in [1.29, 1.82) is 0 Å². The average molecular weight is 257 g/mol. The van der Waals surface area contributed by atoms with Gasteiger partial charge >= 0.3 is 0 Å². The average Bonchev–Trinajstić information content (AvgIpc) is 2.41. The number of hydrogen-bond acceptors (Lipinski definition) is 3. The first-order valence-corrected chi connectivity index (χ1v) is 7.00. The minimum absolute atomic E-state index is 0.519. The predicted octanol–water partition coefficient (Wildman–Crippen LogP) is 3.75. The molecule has 0 aliphatic rings. The molecule has 0 radical (unpaired) electrons. The third-order valence-electron chi connectivity index (χ3n) is 3.82. The fourth-order valence-corrected chi connectivity index (χ4v) is 2.54. The molecule has 2 N–H and O–H groups in total. The Labute approximate surface area is 115 Å². The second-order valence-electron chi connectivity index (χ2n) is 5.09. The Bertz CT molecular complexity index is 577. The molecule has 1 aromatic carbocycles. The van der Waals surface area contributed by atoms with Gasteiger partial charge < -0.3 is 10.6 Å². The molecule has 1 heterocycles. The van der Waals surface area contributed by atoms with Crippen LogP contribution in [0.4, 0.5) is 11.4 Å². The number of hydrogen-bond donors (Lipinski definition) is 1. The quantitative estimate of drug-likeness (QED) is 0.848. The fourth-order valence-electron chi connectivity index (χ4n) is 2.54. The summed E-state index contributed by atoms with van der Waals surface area (Å²) in [6.45, 7) is 9.70. The Balaban J connectivity index is 2.65. The molecule has 1 atom stereocenters. The maximum atomic E-state index is 6.07. The van der Waals surface area contributed by atoms with Gasteiger partial charge in [-0.2, -0.15) is 0 Å². The van der Waals surface area contributed by atoms with E-state index in [0.29, 0.717) is 6.04 Å². The molecule has 0 amide bonds. The number of aromatic nitrogens is 1. The third kappa shape index (κ3) is 2.50. The monoisotopic (exact) mass is 257 g/mol. The van der Waals surface area contributed by atoms with Gasteiger partial charge in [-0.1, -0.05) is 6.92 Å². The van der Waals surface area contributed by atoms with Crippen LogP contribution in [0.1, 0.15) is 32.9 Å². The largest absolute Gasteiger partial charge is 0.398 e. The van der Waals surface area contributed by atoms with Gasteiger partial charge in [0, 0.05) is 46.6 Å². The number of nitrogens with two attached hydrogens (primary N) is 1. The van der Waals surface area contributed by atoms with E-state index in [1.54, 1.807) is 0 Å². The molecule has 2 aromatic rings. The Morgan fingerprint density at radius 3 is 2.63 bits per heavy atom. The lowest BCUT2D eigenvalue weighted by Gasteiger charge is -2.31. The van der Waals surface area contributed by atoms with Crippen molar-refractivity contribution in [3.8, 4) is 0 Å². The number of nitrogen functional groups attached to an aromatic ring is 1. The maximum Gasteiger partial charge on any atom is 0.0450 e.